The van der Waals surface area contributed by atoms with Gasteiger partial charge >= 0.3 is 0 Å². The second kappa shape index (κ2) is 7.28. The third kappa shape index (κ3) is 3.86. The minimum atomic E-state index is 0.0965. The lowest BCUT2D eigenvalue weighted by Gasteiger charge is -2.15. The van der Waals surface area contributed by atoms with Crippen LogP contribution in [-0.2, 0) is 11.3 Å². The lowest BCUT2D eigenvalue weighted by molar-refractivity contribution is 0.107. The van der Waals surface area contributed by atoms with Gasteiger partial charge in [0, 0.05) is 30.8 Å². The minimum absolute atomic E-state index is 0.0965. The van der Waals surface area contributed by atoms with Crippen molar-refractivity contribution >= 4 is 5.84 Å². The summed E-state index contributed by atoms with van der Waals surface area (Å²) in [7, 11) is 3.40. The van der Waals surface area contributed by atoms with Crippen LogP contribution in [0.15, 0.2) is 23.4 Å². The highest BCUT2D eigenvalue weighted by atomic mass is 16.5. The number of nitrogens with zero attached hydrogens (tertiary/aromatic N) is 1. The molecule has 2 atom stereocenters. The first-order valence-electron chi connectivity index (χ1n) is 7.09. The molecule has 0 radical (unpaired) electrons. The van der Waals surface area contributed by atoms with Gasteiger partial charge in [-0.25, -0.2) is 0 Å². The summed E-state index contributed by atoms with van der Waals surface area (Å²) in [5, 5.41) is 15.3. The van der Waals surface area contributed by atoms with Crippen LogP contribution in [0.2, 0.25) is 0 Å². The Labute approximate surface area is 124 Å². The fraction of sp³-hybridized carbons (Fsp3) is 0.533. The smallest absolute Gasteiger partial charge is 0.170 e. The van der Waals surface area contributed by atoms with E-state index in [9.17, 15) is 0 Å². The Kier molecular flexibility index (Phi) is 5.41. The van der Waals surface area contributed by atoms with E-state index in [1.54, 1.807) is 20.3 Å². The zero-order valence-corrected chi connectivity index (χ0v) is 12.5. The van der Waals surface area contributed by atoms with Crippen LogP contribution >= 0.6 is 0 Å². The number of hydrogen-bond acceptors (Lipinski definition) is 5. The number of amidine groups is 1. The van der Waals surface area contributed by atoms with Crippen molar-refractivity contribution < 1.29 is 14.7 Å². The van der Waals surface area contributed by atoms with Gasteiger partial charge in [-0.05, 0) is 37.5 Å². The molecule has 1 aromatic carbocycles. The number of nitrogens with one attached hydrogen (secondary N) is 1. The van der Waals surface area contributed by atoms with Gasteiger partial charge in [-0.1, -0.05) is 5.16 Å². The highest BCUT2D eigenvalue weighted by molar-refractivity contribution is 5.97. The van der Waals surface area contributed by atoms with E-state index in [-0.39, 0.29) is 5.84 Å². The van der Waals surface area contributed by atoms with Crippen molar-refractivity contribution in [3.05, 3.63) is 29.3 Å². The van der Waals surface area contributed by atoms with Crippen LogP contribution in [0.25, 0.3) is 0 Å². The van der Waals surface area contributed by atoms with E-state index < -0.39 is 0 Å². The van der Waals surface area contributed by atoms with Crippen LogP contribution in [0.3, 0.4) is 0 Å². The van der Waals surface area contributed by atoms with Crippen molar-refractivity contribution in [1.82, 2.24) is 5.32 Å². The van der Waals surface area contributed by atoms with Crippen molar-refractivity contribution in [3.63, 3.8) is 0 Å². The Bertz CT molecular complexity index is 505. The molecular weight excluding hydrogens is 270 g/mol. The summed E-state index contributed by atoms with van der Waals surface area (Å²) in [6.45, 7) is 0.677. The topological polar surface area (TPSA) is 89.1 Å². The largest absolute Gasteiger partial charge is 0.496 e. The van der Waals surface area contributed by atoms with Crippen LogP contribution in [0.5, 0.6) is 5.75 Å². The van der Waals surface area contributed by atoms with Gasteiger partial charge in [-0.3, -0.25) is 0 Å². The van der Waals surface area contributed by atoms with Crippen LogP contribution < -0.4 is 15.8 Å². The number of benzene rings is 1. The highest BCUT2D eigenvalue weighted by Gasteiger charge is 2.24. The number of ether oxygens (including phenoxy) is 2. The summed E-state index contributed by atoms with van der Waals surface area (Å²) >= 11 is 0. The molecule has 1 aromatic rings. The average molecular weight is 293 g/mol. The molecule has 4 N–H and O–H groups in total. The molecule has 0 spiro atoms. The van der Waals surface area contributed by atoms with E-state index in [2.05, 4.69) is 10.5 Å². The van der Waals surface area contributed by atoms with Crippen molar-refractivity contribution in [2.24, 2.45) is 10.9 Å². The molecule has 1 saturated carbocycles. The molecule has 2 rings (SSSR count). The molecule has 0 amide bonds. The molecule has 0 bridgehead atoms. The predicted octanol–water partition coefficient (Wildman–Crippen LogP) is 1.45. The maximum absolute atomic E-state index is 8.77. The fourth-order valence-electron chi connectivity index (χ4n) is 2.73. The zero-order chi connectivity index (χ0) is 15.2. The summed E-state index contributed by atoms with van der Waals surface area (Å²) in [5.74, 6) is 0.887. The third-order valence-corrected chi connectivity index (χ3v) is 3.98. The molecule has 0 aromatic heterocycles. The summed E-state index contributed by atoms with van der Waals surface area (Å²) in [6, 6.07) is 5.93. The van der Waals surface area contributed by atoms with Gasteiger partial charge in [0.1, 0.15) is 5.75 Å². The normalized spacial score (nSPS) is 22.5. The molecule has 21 heavy (non-hydrogen) atoms. The molecule has 1 fully saturated rings. The molecule has 6 nitrogen and oxygen atoms in total. The second-order valence-electron chi connectivity index (χ2n) is 5.26. The van der Waals surface area contributed by atoms with Crippen LogP contribution in [0, 0.1) is 0 Å². The molecule has 0 heterocycles. The number of rotatable bonds is 6. The van der Waals surface area contributed by atoms with Crippen molar-refractivity contribution in [2.75, 3.05) is 14.2 Å². The van der Waals surface area contributed by atoms with Gasteiger partial charge in [0.05, 0.1) is 13.2 Å². The molecular formula is C15H23N3O3. The number of hydrogen-bond donors (Lipinski definition) is 3. The van der Waals surface area contributed by atoms with Gasteiger partial charge < -0.3 is 25.7 Å². The lowest BCUT2D eigenvalue weighted by Crippen LogP contribution is -2.27. The van der Waals surface area contributed by atoms with Crippen molar-refractivity contribution in [3.8, 4) is 5.75 Å². The van der Waals surface area contributed by atoms with E-state index in [0.717, 1.165) is 30.6 Å². The first kappa shape index (κ1) is 15.6. The first-order valence-corrected chi connectivity index (χ1v) is 7.09. The molecule has 2 unspecified atom stereocenters. The predicted molar refractivity (Wildman–Crippen MR) is 80.8 cm³/mol. The van der Waals surface area contributed by atoms with Gasteiger partial charge in [-0.15, -0.1) is 0 Å². The molecule has 0 saturated heterocycles. The van der Waals surface area contributed by atoms with Crippen LogP contribution in [0.1, 0.15) is 30.4 Å². The number of nitrogens with two attached hydrogens (primary N) is 1. The number of oxime groups is 1. The van der Waals surface area contributed by atoms with Crippen LogP contribution in [-0.4, -0.2) is 37.4 Å². The summed E-state index contributed by atoms with van der Waals surface area (Å²) in [4.78, 5) is 0. The van der Waals surface area contributed by atoms with E-state index in [4.69, 9.17) is 20.4 Å². The van der Waals surface area contributed by atoms with Gasteiger partial charge in [-0.2, -0.15) is 0 Å². The number of methoxy groups -OCH3 is 2. The quantitative estimate of drug-likeness (QED) is 0.320. The Morgan fingerprint density at radius 2 is 2.24 bits per heavy atom. The molecule has 1 aliphatic rings. The van der Waals surface area contributed by atoms with Gasteiger partial charge in [0.25, 0.3) is 0 Å². The Morgan fingerprint density at radius 3 is 2.86 bits per heavy atom. The maximum atomic E-state index is 8.77. The van der Waals surface area contributed by atoms with Crippen molar-refractivity contribution in [1.29, 1.82) is 0 Å². The highest BCUT2D eigenvalue weighted by Crippen LogP contribution is 2.24. The molecule has 0 aliphatic heterocycles. The zero-order valence-electron chi connectivity index (χ0n) is 12.5. The molecule has 116 valence electrons. The van der Waals surface area contributed by atoms with Crippen LogP contribution in [0.4, 0.5) is 0 Å². The van der Waals surface area contributed by atoms with E-state index in [0.29, 0.717) is 24.3 Å². The minimum Gasteiger partial charge on any atom is -0.496 e. The van der Waals surface area contributed by atoms with E-state index in [1.807, 2.05) is 12.1 Å². The monoisotopic (exact) mass is 293 g/mol. The van der Waals surface area contributed by atoms with E-state index >= 15 is 0 Å². The maximum Gasteiger partial charge on any atom is 0.170 e. The Balaban J connectivity index is 2.04. The van der Waals surface area contributed by atoms with Gasteiger partial charge in [0.15, 0.2) is 5.84 Å². The Morgan fingerprint density at radius 1 is 1.43 bits per heavy atom. The standard InChI is InChI=1S/C15H23N3O3/c1-20-13-5-4-12(8-13)17-9-11-7-10(15(16)18-19)3-6-14(11)21-2/h3,6-7,12-13,17,19H,4-5,8-9H2,1-2H3,(H2,16,18). The van der Waals surface area contributed by atoms with Crippen molar-refractivity contribution in [2.45, 2.75) is 38.0 Å². The third-order valence-electron chi connectivity index (χ3n) is 3.98. The summed E-state index contributed by atoms with van der Waals surface area (Å²) in [6.07, 6.45) is 3.59. The SMILES string of the molecule is COc1ccc(/C(N)=N/O)cc1CNC1CCC(OC)C1. The molecule has 6 heteroatoms. The fourth-order valence-corrected chi connectivity index (χ4v) is 2.73. The molecule has 1 aliphatic carbocycles. The Hall–Kier alpha value is -1.79. The van der Waals surface area contributed by atoms with E-state index in [1.165, 1.54) is 0 Å². The summed E-state index contributed by atoms with van der Waals surface area (Å²) in [5.41, 5.74) is 7.30. The second-order valence-corrected chi connectivity index (χ2v) is 5.26. The lowest BCUT2D eigenvalue weighted by atomic mass is 10.1. The average Bonchev–Trinajstić information content (AvgIpc) is 2.99. The van der Waals surface area contributed by atoms with Gasteiger partial charge in [0.2, 0.25) is 0 Å². The summed E-state index contributed by atoms with van der Waals surface area (Å²) < 4.78 is 10.7. The first-order chi connectivity index (χ1) is 10.2.